The average molecular weight is 399 g/mol. The van der Waals surface area contributed by atoms with Crippen LogP contribution in [0.15, 0.2) is 12.1 Å². The second kappa shape index (κ2) is 7.51. The van der Waals surface area contributed by atoms with E-state index >= 15 is 0 Å². The number of nitrogens with zero attached hydrogens (tertiary/aromatic N) is 2. The summed E-state index contributed by atoms with van der Waals surface area (Å²) in [4.78, 5) is 17.0. The van der Waals surface area contributed by atoms with E-state index in [1.807, 2.05) is 10.7 Å². The number of carboxylic acids is 1. The molecule has 0 saturated carbocycles. The maximum absolute atomic E-state index is 13.5. The lowest BCUT2D eigenvalue weighted by Gasteiger charge is -2.14. The van der Waals surface area contributed by atoms with Crippen LogP contribution in [-0.2, 0) is 11.0 Å². The summed E-state index contributed by atoms with van der Waals surface area (Å²) in [6, 6.07) is 0.251. The molecule has 2 aromatic rings. The van der Waals surface area contributed by atoms with Crippen LogP contribution in [0, 0.1) is 23.3 Å². The van der Waals surface area contributed by atoms with Crippen LogP contribution >= 0.6 is 0 Å². The van der Waals surface area contributed by atoms with Gasteiger partial charge in [-0.15, -0.1) is 0 Å². The molecule has 0 aliphatic carbocycles. The standard InChI is InChI=1S/C13H8F7N5O2/c14-4-1-5(15)10(17)11(9(4)16)25-24-7-2-6(13(18,19)20)22-12(23-7)21-3-8(26)27/h1-2,25H,3H2,(H,26,27)(H2,21,22,23,24). The van der Waals surface area contributed by atoms with E-state index in [1.165, 1.54) is 0 Å². The number of carboxylic acid groups (broad SMARTS) is 1. The topological polar surface area (TPSA) is 99.2 Å². The van der Waals surface area contributed by atoms with Gasteiger partial charge in [0.1, 0.15) is 12.2 Å². The Morgan fingerprint density at radius 2 is 1.59 bits per heavy atom. The largest absolute Gasteiger partial charge is 0.480 e. The third-order valence-electron chi connectivity index (χ3n) is 2.84. The van der Waals surface area contributed by atoms with Gasteiger partial charge in [0.25, 0.3) is 0 Å². The molecule has 4 N–H and O–H groups in total. The summed E-state index contributed by atoms with van der Waals surface area (Å²) in [5.41, 5.74) is 0.630. The highest BCUT2D eigenvalue weighted by molar-refractivity contribution is 5.72. The molecule has 0 aliphatic heterocycles. The number of rotatable bonds is 6. The van der Waals surface area contributed by atoms with Crippen molar-refractivity contribution in [2.24, 2.45) is 0 Å². The predicted molar refractivity (Wildman–Crippen MR) is 76.7 cm³/mol. The normalized spacial score (nSPS) is 11.2. The number of benzene rings is 1. The van der Waals surface area contributed by atoms with Crippen LogP contribution in [0.1, 0.15) is 5.69 Å². The molecule has 0 bridgehead atoms. The maximum atomic E-state index is 13.5. The number of anilines is 3. The zero-order valence-corrected chi connectivity index (χ0v) is 12.8. The third-order valence-corrected chi connectivity index (χ3v) is 2.84. The Hall–Kier alpha value is -3.32. The number of hydrogen-bond acceptors (Lipinski definition) is 6. The molecule has 14 heteroatoms. The van der Waals surface area contributed by atoms with E-state index in [0.29, 0.717) is 6.07 Å². The molecule has 0 unspecified atom stereocenters. The fraction of sp³-hybridized carbons (Fsp3) is 0.154. The highest BCUT2D eigenvalue weighted by atomic mass is 19.4. The van der Waals surface area contributed by atoms with Gasteiger partial charge in [-0.25, -0.2) is 22.5 Å². The molecule has 1 aromatic carbocycles. The number of hydrazine groups is 1. The molecule has 1 heterocycles. The minimum Gasteiger partial charge on any atom is -0.480 e. The monoisotopic (exact) mass is 399 g/mol. The number of carbonyl (C=O) groups is 1. The second-order valence-electron chi connectivity index (χ2n) is 4.80. The van der Waals surface area contributed by atoms with Crippen molar-refractivity contribution in [3.8, 4) is 0 Å². The number of aromatic nitrogens is 2. The minimum absolute atomic E-state index is 0.0593. The summed E-state index contributed by atoms with van der Waals surface area (Å²) < 4.78 is 91.8. The van der Waals surface area contributed by atoms with Crippen LogP contribution in [-0.4, -0.2) is 27.6 Å². The van der Waals surface area contributed by atoms with Crippen LogP contribution < -0.4 is 16.2 Å². The van der Waals surface area contributed by atoms with Crippen molar-refractivity contribution in [1.29, 1.82) is 0 Å². The lowest BCUT2D eigenvalue weighted by Crippen LogP contribution is -2.20. The summed E-state index contributed by atoms with van der Waals surface area (Å²) >= 11 is 0. The SMILES string of the molecule is O=C(O)CNc1nc(NNc2c(F)c(F)cc(F)c2F)cc(C(F)(F)F)n1. The first kappa shape index (κ1) is 20.0. The van der Waals surface area contributed by atoms with Gasteiger partial charge < -0.3 is 10.4 Å². The summed E-state index contributed by atoms with van der Waals surface area (Å²) in [5.74, 6) is -10.1. The summed E-state index contributed by atoms with van der Waals surface area (Å²) in [6.45, 7) is -0.827. The number of halogens is 7. The van der Waals surface area contributed by atoms with Crippen molar-refractivity contribution >= 4 is 23.4 Å². The lowest BCUT2D eigenvalue weighted by atomic mass is 10.2. The predicted octanol–water partition coefficient (Wildman–Crippen LogP) is 2.99. The molecule has 0 radical (unpaired) electrons. The summed E-state index contributed by atoms with van der Waals surface area (Å²) in [5, 5.41) is 10.5. The first-order valence-corrected chi connectivity index (χ1v) is 6.76. The van der Waals surface area contributed by atoms with Gasteiger partial charge in [0, 0.05) is 12.1 Å². The maximum Gasteiger partial charge on any atom is 0.433 e. The van der Waals surface area contributed by atoms with Crippen LogP contribution in [0.4, 0.5) is 48.2 Å². The van der Waals surface area contributed by atoms with E-state index in [2.05, 4.69) is 9.97 Å². The van der Waals surface area contributed by atoms with Gasteiger partial charge in [-0.3, -0.25) is 15.6 Å². The smallest absolute Gasteiger partial charge is 0.433 e. The van der Waals surface area contributed by atoms with Gasteiger partial charge in [-0.05, 0) is 0 Å². The third kappa shape index (κ3) is 4.86. The highest BCUT2D eigenvalue weighted by Gasteiger charge is 2.34. The molecule has 0 spiro atoms. The Morgan fingerprint density at radius 1 is 1.00 bits per heavy atom. The van der Waals surface area contributed by atoms with Crippen molar-refractivity contribution in [2.45, 2.75) is 6.18 Å². The number of hydrogen-bond donors (Lipinski definition) is 4. The Balaban J connectivity index is 2.33. The van der Waals surface area contributed by atoms with Crippen molar-refractivity contribution in [1.82, 2.24) is 9.97 Å². The highest BCUT2D eigenvalue weighted by Crippen LogP contribution is 2.30. The molecule has 1 aromatic heterocycles. The van der Waals surface area contributed by atoms with Crippen LogP contribution in [0.25, 0.3) is 0 Å². The van der Waals surface area contributed by atoms with E-state index in [-0.39, 0.29) is 6.07 Å². The van der Waals surface area contributed by atoms with Gasteiger partial charge >= 0.3 is 12.1 Å². The van der Waals surface area contributed by atoms with Crippen LogP contribution in [0.2, 0.25) is 0 Å². The van der Waals surface area contributed by atoms with E-state index < -0.39 is 65.1 Å². The molecule has 0 atom stereocenters. The zero-order valence-electron chi connectivity index (χ0n) is 12.8. The molecule has 2 rings (SSSR count). The Bertz CT molecular complexity index is 849. The second-order valence-corrected chi connectivity index (χ2v) is 4.80. The van der Waals surface area contributed by atoms with Gasteiger partial charge in [0.2, 0.25) is 5.95 Å². The number of nitrogens with one attached hydrogen (secondary N) is 3. The first-order valence-electron chi connectivity index (χ1n) is 6.76. The van der Waals surface area contributed by atoms with Gasteiger partial charge in [0.05, 0.1) is 0 Å². The number of alkyl halides is 3. The molecule has 146 valence electrons. The molecule has 0 amide bonds. The van der Waals surface area contributed by atoms with Crippen molar-refractivity contribution in [3.05, 3.63) is 41.1 Å². The molecule has 0 saturated heterocycles. The molecular formula is C13H8F7N5O2. The van der Waals surface area contributed by atoms with Crippen LogP contribution in [0.3, 0.4) is 0 Å². The van der Waals surface area contributed by atoms with Crippen LogP contribution in [0.5, 0.6) is 0 Å². The molecule has 7 nitrogen and oxygen atoms in total. The fourth-order valence-electron chi connectivity index (χ4n) is 1.70. The van der Waals surface area contributed by atoms with Crippen molar-refractivity contribution < 1.29 is 40.6 Å². The molecule has 0 aliphatic rings. The van der Waals surface area contributed by atoms with E-state index in [0.717, 1.165) is 0 Å². The zero-order chi connectivity index (χ0) is 20.4. The quantitative estimate of drug-likeness (QED) is 0.337. The Morgan fingerprint density at radius 3 is 2.11 bits per heavy atom. The van der Waals surface area contributed by atoms with Gasteiger partial charge in [-0.1, -0.05) is 0 Å². The average Bonchev–Trinajstić information content (AvgIpc) is 2.57. The Kier molecular flexibility index (Phi) is 5.56. The fourth-order valence-corrected chi connectivity index (χ4v) is 1.70. The first-order chi connectivity index (χ1) is 12.5. The Labute approximate surface area is 145 Å². The van der Waals surface area contributed by atoms with E-state index in [9.17, 15) is 35.5 Å². The summed E-state index contributed by atoms with van der Waals surface area (Å²) in [6.07, 6.45) is -4.97. The van der Waals surface area contributed by atoms with Gasteiger partial charge in [0.15, 0.2) is 34.8 Å². The summed E-state index contributed by atoms with van der Waals surface area (Å²) in [7, 11) is 0. The minimum atomic E-state index is -4.97. The van der Waals surface area contributed by atoms with Crippen molar-refractivity contribution in [3.63, 3.8) is 0 Å². The van der Waals surface area contributed by atoms with E-state index in [1.54, 1.807) is 5.43 Å². The van der Waals surface area contributed by atoms with Gasteiger partial charge in [-0.2, -0.15) is 18.2 Å². The van der Waals surface area contributed by atoms with E-state index in [4.69, 9.17) is 5.11 Å². The number of aliphatic carboxylic acids is 1. The molecule has 0 fully saturated rings. The lowest BCUT2D eigenvalue weighted by molar-refractivity contribution is -0.141. The molecule has 27 heavy (non-hydrogen) atoms. The molecular weight excluding hydrogens is 391 g/mol. The van der Waals surface area contributed by atoms with Crippen molar-refractivity contribution in [2.75, 3.05) is 22.7 Å².